The summed E-state index contributed by atoms with van der Waals surface area (Å²) in [7, 11) is 0. The highest BCUT2D eigenvalue weighted by atomic mass is 32.1. The number of rotatable bonds is 6. The zero-order valence-electron chi connectivity index (χ0n) is 13.5. The molecule has 0 aromatic carbocycles. The molecule has 1 unspecified atom stereocenters. The van der Waals surface area contributed by atoms with Crippen LogP contribution >= 0.6 is 11.3 Å². The lowest BCUT2D eigenvalue weighted by atomic mass is 9.76. The molecule has 5 nitrogen and oxygen atoms in total. The Balaban J connectivity index is 1.78. The summed E-state index contributed by atoms with van der Waals surface area (Å²) in [6.45, 7) is 4.47. The summed E-state index contributed by atoms with van der Waals surface area (Å²) in [6.07, 6.45) is 6.53. The van der Waals surface area contributed by atoms with Crippen molar-refractivity contribution in [2.24, 2.45) is 5.92 Å². The van der Waals surface area contributed by atoms with Crippen LogP contribution in [-0.4, -0.2) is 34.8 Å². The summed E-state index contributed by atoms with van der Waals surface area (Å²) in [5, 5.41) is 18.7. The maximum Gasteiger partial charge on any atom is 0.315 e. The first kappa shape index (κ1) is 17.2. The number of amides is 2. The van der Waals surface area contributed by atoms with E-state index < -0.39 is 5.54 Å². The number of carbonyl (C=O) groups is 1. The number of aromatic nitrogens is 1. The Hall–Kier alpha value is -1.14. The number of hydrogen-bond donors (Lipinski definition) is 3. The lowest BCUT2D eigenvalue weighted by molar-refractivity contribution is 0.101. The second-order valence-corrected chi connectivity index (χ2v) is 7.46. The van der Waals surface area contributed by atoms with E-state index in [0.29, 0.717) is 12.5 Å². The fourth-order valence-corrected chi connectivity index (χ4v) is 3.79. The van der Waals surface area contributed by atoms with E-state index in [2.05, 4.69) is 15.6 Å². The van der Waals surface area contributed by atoms with Crippen LogP contribution in [0.3, 0.4) is 0 Å². The molecule has 1 atom stereocenters. The minimum Gasteiger partial charge on any atom is -0.394 e. The highest BCUT2D eigenvalue weighted by molar-refractivity contribution is 7.09. The predicted octanol–water partition coefficient (Wildman–Crippen LogP) is 2.62. The summed E-state index contributed by atoms with van der Waals surface area (Å²) in [5.41, 5.74) is 0.488. The van der Waals surface area contributed by atoms with Gasteiger partial charge in [0, 0.05) is 18.3 Å². The summed E-state index contributed by atoms with van der Waals surface area (Å²) in [6, 6.07) is -0.200. The molecule has 1 aromatic rings. The monoisotopic (exact) mass is 325 g/mol. The molecule has 0 spiro atoms. The largest absolute Gasteiger partial charge is 0.394 e. The topological polar surface area (TPSA) is 74.2 Å². The highest BCUT2D eigenvalue weighted by Crippen LogP contribution is 2.32. The SMILES string of the molecule is Cc1nc(CCNC(=O)NC(C)(CO)C2CCCCC2)cs1. The highest BCUT2D eigenvalue weighted by Gasteiger charge is 2.35. The van der Waals surface area contributed by atoms with Crippen LogP contribution < -0.4 is 10.6 Å². The van der Waals surface area contributed by atoms with E-state index in [4.69, 9.17) is 0 Å². The van der Waals surface area contributed by atoms with Crippen molar-refractivity contribution in [1.82, 2.24) is 15.6 Å². The molecular weight excluding hydrogens is 298 g/mol. The summed E-state index contributed by atoms with van der Waals surface area (Å²) < 4.78 is 0. The van der Waals surface area contributed by atoms with Crippen LogP contribution in [0.25, 0.3) is 0 Å². The molecule has 0 bridgehead atoms. The van der Waals surface area contributed by atoms with Crippen LogP contribution in [0.1, 0.15) is 49.7 Å². The molecule has 1 aliphatic carbocycles. The van der Waals surface area contributed by atoms with E-state index in [1.807, 2.05) is 19.2 Å². The quantitative estimate of drug-likeness (QED) is 0.753. The van der Waals surface area contributed by atoms with Crippen molar-refractivity contribution in [2.75, 3.05) is 13.2 Å². The van der Waals surface area contributed by atoms with Gasteiger partial charge in [0.2, 0.25) is 0 Å². The van der Waals surface area contributed by atoms with Gasteiger partial charge in [-0.15, -0.1) is 11.3 Å². The Labute approximate surface area is 136 Å². The van der Waals surface area contributed by atoms with E-state index in [1.165, 1.54) is 19.3 Å². The maximum absolute atomic E-state index is 12.1. The van der Waals surface area contributed by atoms with E-state index >= 15 is 0 Å². The van der Waals surface area contributed by atoms with Gasteiger partial charge in [0.1, 0.15) is 0 Å². The minimum atomic E-state index is -0.526. The number of carbonyl (C=O) groups excluding carboxylic acids is 1. The van der Waals surface area contributed by atoms with E-state index in [0.717, 1.165) is 30.0 Å². The molecule has 1 fully saturated rings. The van der Waals surface area contributed by atoms with Crippen LogP contribution in [0.15, 0.2) is 5.38 Å². The van der Waals surface area contributed by atoms with Crippen molar-refractivity contribution in [3.05, 3.63) is 16.1 Å². The van der Waals surface area contributed by atoms with Crippen molar-refractivity contribution in [3.8, 4) is 0 Å². The summed E-state index contributed by atoms with van der Waals surface area (Å²) in [4.78, 5) is 16.5. The van der Waals surface area contributed by atoms with Crippen molar-refractivity contribution in [2.45, 2.75) is 57.9 Å². The van der Waals surface area contributed by atoms with Gasteiger partial charge in [0.15, 0.2) is 0 Å². The van der Waals surface area contributed by atoms with Gasteiger partial charge in [-0.25, -0.2) is 9.78 Å². The van der Waals surface area contributed by atoms with Gasteiger partial charge in [-0.2, -0.15) is 0 Å². The second-order valence-electron chi connectivity index (χ2n) is 6.40. The van der Waals surface area contributed by atoms with E-state index in [1.54, 1.807) is 11.3 Å². The minimum absolute atomic E-state index is 0.0175. The fourth-order valence-electron chi connectivity index (χ4n) is 3.14. The van der Waals surface area contributed by atoms with Crippen molar-refractivity contribution in [3.63, 3.8) is 0 Å². The third-order valence-corrected chi connectivity index (χ3v) is 5.39. The summed E-state index contributed by atoms with van der Waals surface area (Å²) >= 11 is 1.62. The number of nitrogens with one attached hydrogen (secondary N) is 2. The van der Waals surface area contributed by atoms with Crippen molar-refractivity contribution < 1.29 is 9.90 Å². The fraction of sp³-hybridized carbons (Fsp3) is 0.750. The normalized spacial score (nSPS) is 18.7. The number of aliphatic hydroxyl groups is 1. The van der Waals surface area contributed by atoms with Gasteiger partial charge in [-0.3, -0.25) is 0 Å². The maximum atomic E-state index is 12.1. The molecule has 1 saturated carbocycles. The Morgan fingerprint density at radius 1 is 1.45 bits per heavy atom. The molecule has 3 N–H and O–H groups in total. The molecular formula is C16H27N3O2S. The predicted molar refractivity (Wildman–Crippen MR) is 89.2 cm³/mol. The van der Waals surface area contributed by atoms with Gasteiger partial charge in [0.05, 0.1) is 22.8 Å². The molecule has 2 rings (SSSR count). The van der Waals surface area contributed by atoms with Crippen LogP contribution in [0, 0.1) is 12.8 Å². The lowest BCUT2D eigenvalue weighted by Gasteiger charge is -2.39. The Kier molecular flexibility index (Phi) is 6.20. The molecule has 1 heterocycles. The molecule has 0 radical (unpaired) electrons. The molecule has 1 aromatic heterocycles. The zero-order valence-corrected chi connectivity index (χ0v) is 14.3. The van der Waals surface area contributed by atoms with Gasteiger partial charge >= 0.3 is 6.03 Å². The number of hydrogen-bond acceptors (Lipinski definition) is 4. The van der Waals surface area contributed by atoms with Gasteiger partial charge in [-0.05, 0) is 32.6 Å². The van der Waals surface area contributed by atoms with E-state index in [-0.39, 0.29) is 12.6 Å². The first-order chi connectivity index (χ1) is 10.5. The molecule has 124 valence electrons. The lowest BCUT2D eigenvalue weighted by Crippen LogP contribution is -2.57. The van der Waals surface area contributed by atoms with Crippen LogP contribution in [0.4, 0.5) is 4.79 Å². The smallest absolute Gasteiger partial charge is 0.315 e. The Bertz CT molecular complexity index is 485. The van der Waals surface area contributed by atoms with E-state index in [9.17, 15) is 9.90 Å². The number of urea groups is 1. The summed E-state index contributed by atoms with van der Waals surface area (Å²) in [5.74, 6) is 0.359. The van der Waals surface area contributed by atoms with Crippen LogP contribution in [-0.2, 0) is 6.42 Å². The van der Waals surface area contributed by atoms with Crippen molar-refractivity contribution >= 4 is 17.4 Å². The van der Waals surface area contributed by atoms with Crippen LogP contribution in [0.5, 0.6) is 0 Å². The van der Waals surface area contributed by atoms with Gasteiger partial charge < -0.3 is 15.7 Å². The average Bonchev–Trinajstić information content (AvgIpc) is 2.93. The number of thiazole rings is 1. The standard InChI is InChI=1S/C16H27N3O2S/c1-12-18-14(10-22-12)8-9-17-15(21)19-16(2,11-20)13-6-4-3-5-7-13/h10,13,20H,3-9,11H2,1-2H3,(H2,17,19,21). The molecule has 0 aliphatic heterocycles. The van der Waals surface area contributed by atoms with Gasteiger partial charge in [0.25, 0.3) is 0 Å². The van der Waals surface area contributed by atoms with Crippen LogP contribution in [0.2, 0.25) is 0 Å². The molecule has 2 amide bonds. The molecule has 6 heteroatoms. The number of nitrogens with zero attached hydrogens (tertiary/aromatic N) is 1. The van der Waals surface area contributed by atoms with Crippen molar-refractivity contribution in [1.29, 1.82) is 0 Å². The zero-order chi connectivity index (χ0) is 16.0. The second kappa shape index (κ2) is 7.92. The first-order valence-electron chi connectivity index (χ1n) is 8.11. The number of aryl methyl sites for hydroxylation is 1. The first-order valence-corrected chi connectivity index (χ1v) is 8.99. The Morgan fingerprint density at radius 3 is 2.77 bits per heavy atom. The number of aliphatic hydroxyl groups excluding tert-OH is 1. The van der Waals surface area contributed by atoms with Gasteiger partial charge in [-0.1, -0.05) is 19.3 Å². The Morgan fingerprint density at radius 2 is 2.18 bits per heavy atom. The average molecular weight is 325 g/mol. The molecule has 22 heavy (non-hydrogen) atoms. The molecule has 0 saturated heterocycles. The third kappa shape index (κ3) is 4.68. The third-order valence-electron chi connectivity index (χ3n) is 4.57. The molecule has 1 aliphatic rings.